The van der Waals surface area contributed by atoms with E-state index in [4.69, 9.17) is 5.84 Å². The molecule has 2 amide bonds. The molecule has 0 radical (unpaired) electrons. The van der Waals surface area contributed by atoms with E-state index in [1.54, 1.807) is 20.8 Å². The summed E-state index contributed by atoms with van der Waals surface area (Å²) in [5.41, 5.74) is 0.549. The molecule has 1 heterocycles. The second-order valence-electron chi connectivity index (χ2n) is 4.19. The van der Waals surface area contributed by atoms with E-state index in [2.05, 4.69) is 11.9 Å². The van der Waals surface area contributed by atoms with Crippen LogP contribution in [-0.4, -0.2) is 28.9 Å². The van der Waals surface area contributed by atoms with Crippen molar-refractivity contribution in [3.05, 3.63) is 18.0 Å². The van der Waals surface area contributed by atoms with E-state index >= 15 is 0 Å². The number of nitrogens with one attached hydrogen (secondary N) is 2. The summed E-state index contributed by atoms with van der Waals surface area (Å²) in [6.07, 6.45) is 0. The van der Waals surface area contributed by atoms with Gasteiger partial charge in [-0.15, -0.1) is 0 Å². The molecule has 0 aromatic heterocycles. The van der Waals surface area contributed by atoms with E-state index in [-0.39, 0.29) is 11.8 Å². The van der Waals surface area contributed by atoms with Crippen molar-refractivity contribution >= 4 is 11.8 Å². The Morgan fingerprint density at radius 1 is 1.53 bits per heavy atom. The van der Waals surface area contributed by atoms with Crippen LogP contribution < -0.4 is 5.32 Å². The topological polar surface area (TPSA) is 73.2 Å². The molecular weight excluding hydrogens is 194 g/mol. The highest BCUT2D eigenvalue weighted by atomic mass is 16.2. The Hall–Kier alpha value is -1.36. The first-order valence-corrected chi connectivity index (χ1v) is 4.86. The molecule has 2 atom stereocenters. The monoisotopic (exact) mass is 210 g/mol. The number of piperazine rings is 1. The van der Waals surface area contributed by atoms with Gasteiger partial charge in [0.2, 0.25) is 11.8 Å². The van der Waals surface area contributed by atoms with E-state index in [0.29, 0.717) is 5.57 Å². The van der Waals surface area contributed by atoms with Crippen LogP contribution in [0, 0.1) is 5.92 Å². The Morgan fingerprint density at radius 3 is 2.47 bits per heavy atom. The molecule has 1 aliphatic rings. The maximum atomic E-state index is 11.7. The molecule has 0 bridgehead atoms. The molecule has 1 fully saturated rings. The summed E-state index contributed by atoms with van der Waals surface area (Å²) in [5.74, 6) is 6.83. The van der Waals surface area contributed by atoms with Crippen LogP contribution in [0.2, 0.25) is 0 Å². The summed E-state index contributed by atoms with van der Waals surface area (Å²) < 4.78 is 0. The lowest BCUT2D eigenvalue weighted by molar-refractivity contribution is -0.146. The number of carbonyl (C=O) groups is 2. The van der Waals surface area contributed by atoms with Gasteiger partial charge in [-0.3, -0.25) is 9.59 Å². The second kappa shape index (κ2) is 4.02. The zero-order valence-electron chi connectivity index (χ0n) is 9.20. The van der Waals surface area contributed by atoms with Crippen LogP contribution in [0.1, 0.15) is 20.8 Å². The third-order valence-electron chi connectivity index (χ3n) is 2.44. The minimum atomic E-state index is -0.745. The minimum Gasteiger partial charge on any atom is -0.580 e. The van der Waals surface area contributed by atoms with Gasteiger partial charge in [0.05, 0.1) is 6.04 Å². The van der Waals surface area contributed by atoms with Gasteiger partial charge in [-0.1, -0.05) is 20.4 Å². The Bertz CT molecular complexity index is 312. The van der Waals surface area contributed by atoms with Gasteiger partial charge in [-0.25, -0.2) is 0 Å². The number of hydrogen-bond donors (Lipinski definition) is 1. The second-order valence-corrected chi connectivity index (χ2v) is 4.19. The molecular formula is C10H16N3O2-. The summed E-state index contributed by atoms with van der Waals surface area (Å²) in [6.45, 7) is 8.89. The van der Waals surface area contributed by atoms with E-state index in [1.807, 2.05) is 0 Å². The van der Waals surface area contributed by atoms with Crippen LogP contribution in [0.25, 0.3) is 5.84 Å². The molecule has 0 saturated carbocycles. The van der Waals surface area contributed by atoms with Crippen LogP contribution in [0.3, 0.4) is 0 Å². The normalized spacial score (nSPS) is 26.9. The average Bonchev–Trinajstić information content (AvgIpc) is 2.10. The molecule has 1 rings (SSSR count). The maximum Gasteiger partial charge on any atom is 0.242 e. The molecule has 0 spiro atoms. The van der Waals surface area contributed by atoms with Gasteiger partial charge in [0, 0.05) is 0 Å². The number of rotatable bonds is 2. The molecule has 0 aromatic rings. The van der Waals surface area contributed by atoms with Gasteiger partial charge >= 0.3 is 0 Å². The summed E-state index contributed by atoms with van der Waals surface area (Å²) in [4.78, 5) is 23.3. The van der Waals surface area contributed by atoms with Gasteiger partial charge in [-0.2, -0.15) is 0 Å². The smallest absolute Gasteiger partial charge is 0.242 e. The summed E-state index contributed by atoms with van der Waals surface area (Å²) >= 11 is 0. The van der Waals surface area contributed by atoms with Gasteiger partial charge in [0.15, 0.2) is 0 Å². The highest BCUT2D eigenvalue weighted by molar-refractivity contribution is 5.98. The molecule has 1 aliphatic heterocycles. The molecule has 5 nitrogen and oxygen atoms in total. The Labute approximate surface area is 89.3 Å². The maximum absolute atomic E-state index is 11.7. The van der Waals surface area contributed by atoms with Crippen molar-refractivity contribution in [1.82, 2.24) is 10.3 Å². The van der Waals surface area contributed by atoms with E-state index < -0.39 is 18.0 Å². The molecule has 0 aromatic carbocycles. The van der Waals surface area contributed by atoms with Gasteiger partial charge in [0.25, 0.3) is 0 Å². The van der Waals surface area contributed by atoms with Crippen molar-refractivity contribution in [2.24, 2.45) is 5.92 Å². The van der Waals surface area contributed by atoms with Crippen molar-refractivity contribution in [2.75, 3.05) is 0 Å². The fraction of sp³-hybridized carbons (Fsp3) is 0.600. The Balaban J connectivity index is 2.94. The summed E-state index contributed by atoms with van der Waals surface area (Å²) in [7, 11) is 0. The molecule has 1 saturated heterocycles. The fourth-order valence-electron chi connectivity index (χ4n) is 1.62. The highest BCUT2D eigenvalue weighted by Crippen LogP contribution is 2.19. The third kappa shape index (κ3) is 2.02. The van der Waals surface area contributed by atoms with E-state index in [0.717, 1.165) is 5.01 Å². The largest absolute Gasteiger partial charge is 0.580 e. The number of amides is 2. The quantitative estimate of drug-likeness (QED) is 0.687. The van der Waals surface area contributed by atoms with E-state index in [9.17, 15) is 9.59 Å². The Kier molecular flexibility index (Phi) is 3.14. The average molecular weight is 210 g/mol. The van der Waals surface area contributed by atoms with Crippen molar-refractivity contribution in [2.45, 2.75) is 32.9 Å². The molecule has 0 aliphatic carbocycles. The minimum absolute atomic E-state index is 0.0717. The number of nitrogens with zero attached hydrogens (tertiary/aromatic N) is 1. The van der Waals surface area contributed by atoms with Crippen molar-refractivity contribution in [1.29, 1.82) is 0 Å². The number of hydrogen-bond acceptors (Lipinski definition) is 2. The first-order chi connectivity index (χ1) is 6.86. The predicted octanol–water partition coefficient (Wildman–Crippen LogP) is 0.881. The molecule has 15 heavy (non-hydrogen) atoms. The lowest BCUT2D eigenvalue weighted by atomic mass is 9.97. The van der Waals surface area contributed by atoms with Crippen LogP contribution in [0.4, 0.5) is 0 Å². The molecule has 84 valence electrons. The lowest BCUT2D eigenvalue weighted by Crippen LogP contribution is -2.62. The van der Waals surface area contributed by atoms with Crippen molar-refractivity contribution in [3.8, 4) is 0 Å². The predicted molar refractivity (Wildman–Crippen MR) is 56.5 cm³/mol. The molecule has 0 unspecified atom stereocenters. The van der Waals surface area contributed by atoms with Gasteiger partial charge in [-0.05, 0) is 18.4 Å². The number of carbonyl (C=O) groups excluding carboxylic acids is 2. The zero-order chi connectivity index (χ0) is 11.7. The molecule has 2 N–H and O–H groups in total. The summed E-state index contributed by atoms with van der Waals surface area (Å²) in [5, 5.41) is 3.34. The van der Waals surface area contributed by atoms with Crippen LogP contribution in [-0.2, 0) is 9.59 Å². The third-order valence-corrected chi connectivity index (χ3v) is 2.44. The molecule has 5 heteroatoms. The Morgan fingerprint density at radius 2 is 2.07 bits per heavy atom. The first kappa shape index (κ1) is 11.7. The SMILES string of the molecule is C=C(C)[C@@H]1NC(=O)[C@H](C(C)C)N([NH-])C1=O. The zero-order valence-corrected chi connectivity index (χ0v) is 9.20. The van der Waals surface area contributed by atoms with E-state index in [1.165, 1.54) is 0 Å². The highest BCUT2D eigenvalue weighted by Gasteiger charge is 2.37. The van der Waals surface area contributed by atoms with Crippen molar-refractivity contribution < 1.29 is 9.59 Å². The summed E-state index contributed by atoms with van der Waals surface area (Å²) in [6, 6.07) is -1.45. The van der Waals surface area contributed by atoms with Crippen LogP contribution >= 0.6 is 0 Å². The van der Waals surface area contributed by atoms with Gasteiger partial charge in [0.1, 0.15) is 6.04 Å². The fourth-order valence-corrected chi connectivity index (χ4v) is 1.62. The standard InChI is InChI=1S/C10H16N3O2/c1-5(2)7-10(15)13(11)8(6(3)4)9(14)12-7/h6-8,11H,1H2,2-4H3,(H,12,14)/q-1/t7-,8-/m0/s1. The van der Waals surface area contributed by atoms with Crippen molar-refractivity contribution in [3.63, 3.8) is 0 Å². The van der Waals surface area contributed by atoms with Crippen LogP contribution in [0.15, 0.2) is 12.2 Å². The van der Waals surface area contributed by atoms with Gasteiger partial charge < -0.3 is 16.2 Å². The first-order valence-electron chi connectivity index (χ1n) is 4.86. The van der Waals surface area contributed by atoms with Crippen LogP contribution in [0.5, 0.6) is 0 Å². The lowest BCUT2D eigenvalue weighted by Gasteiger charge is -2.44.